The van der Waals surface area contributed by atoms with E-state index in [1.807, 2.05) is 49.1 Å². The lowest BCUT2D eigenvalue weighted by molar-refractivity contribution is -0.137. The van der Waals surface area contributed by atoms with Gasteiger partial charge in [0.15, 0.2) is 5.82 Å². The Kier molecular flexibility index (Phi) is 5.28. The van der Waals surface area contributed by atoms with E-state index < -0.39 is 0 Å². The van der Waals surface area contributed by atoms with E-state index in [0.717, 1.165) is 36.6 Å². The second-order valence-electron chi connectivity index (χ2n) is 6.39. The quantitative estimate of drug-likeness (QED) is 0.783. The second-order valence-corrected chi connectivity index (χ2v) is 6.39. The van der Waals surface area contributed by atoms with Gasteiger partial charge in [0.2, 0.25) is 5.91 Å². The average molecular weight is 344 g/mol. The minimum atomic E-state index is -0.0171. The molecule has 3 rings (SSSR count). The molecule has 0 N–H and O–H groups in total. The first-order valence-electron chi connectivity index (χ1n) is 8.41. The second kappa shape index (κ2) is 7.60. The van der Waals surface area contributed by atoms with Crippen LogP contribution in [-0.2, 0) is 23.2 Å². The van der Waals surface area contributed by atoms with Crippen molar-refractivity contribution in [3.63, 3.8) is 0 Å². The Morgan fingerprint density at radius 2 is 2.16 bits per heavy atom. The van der Waals surface area contributed by atoms with Gasteiger partial charge in [-0.1, -0.05) is 0 Å². The molecule has 3 heterocycles. The third-order valence-corrected chi connectivity index (χ3v) is 4.44. The van der Waals surface area contributed by atoms with Crippen molar-refractivity contribution in [2.45, 2.75) is 25.5 Å². The number of anilines is 1. The molecule has 0 aromatic carbocycles. The van der Waals surface area contributed by atoms with Gasteiger partial charge in [-0.2, -0.15) is 10.2 Å². The molecule has 1 aliphatic rings. The molecule has 8 heteroatoms. The van der Waals surface area contributed by atoms with Crippen molar-refractivity contribution in [2.24, 2.45) is 7.05 Å². The Bertz CT molecular complexity index is 712. The fraction of sp³-hybridized carbons (Fsp3) is 0.529. The molecule has 0 bridgehead atoms. The van der Waals surface area contributed by atoms with E-state index in [4.69, 9.17) is 4.74 Å². The normalized spacial score (nSPS) is 17.1. The molecule has 1 unspecified atom stereocenters. The average Bonchev–Trinajstić information content (AvgIpc) is 3.24. The van der Waals surface area contributed by atoms with E-state index in [1.165, 1.54) is 0 Å². The first-order valence-corrected chi connectivity index (χ1v) is 8.41. The van der Waals surface area contributed by atoms with Gasteiger partial charge in [0.25, 0.3) is 0 Å². The number of amides is 1. The largest absolute Gasteiger partial charge is 0.365 e. The fourth-order valence-electron chi connectivity index (χ4n) is 2.99. The van der Waals surface area contributed by atoms with Gasteiger partial charge in [-0.05, 0) is 31.0 Å². The van der Waals surface area contributed by atoms with Gasteiger partial charge in [-0.15, -0.1) is 5.10 Å². The Hall–Kier alpha value is -2.48. The van der Waals surface area contributed by atoms with Crippen LogP contribution in [-0.4, -0.2) is 58.0 Å². The van der Waals surface area contributed by atoms with Gasteiger partial charge in [0, 0.05) is 33.9 Å². The maximum absolute atomic E-state index is 12.5. The van der Waals surface area contributed by atoms with Crippen LogP contribution in [0.2, 0.25) is 0 Å². The van der Waals surface area contributed by atoms with Crippen LogP contribution in [0.4, 0.5) is 5.82 Å². The maximum atomic E-state index is 12.5. The summed E-state index contributed by atoms with van der Waals surface area (Å²) in [4.78, 5) is 16.3. The minimum Gasteiger partial charge on any atom is -0.365 e. The zero-order chi connectivity index (χ0) is 17.8. The number of aryl methyl sites for hydroxylation is 1. The molecule has 2 aromatic heterocycles. The van der Waals surface area contributed by atoms with E-state index >= 15 is 0 Å². The predicted molar refractivity (Wildman–Crippen MR) is 92.9 cm³/mol. The number of carbonyl (C=O) groups is 1. The maximum Gasteiger partial charge on any atom is 0.249 e. The van der Waals surface area contributed by atoms with Crippen LogP contribution in [0.25, 0.3) is 0 Å². The number of likely N-dealkylation sites (tertiary alicyclic amines) is 1. The lowest BCUT2D eigenvalue weighted by Gasteiger charge is -2.24. The van der Waals surface area contributed by atoms with Crippen molar-refractivity contribution in [1.29, 1.82) is 0 Å². The summed E-state index contributed by atoms with van der Waals surface area (Å²) in [7, 11) is 5.70. The molecule has 8 nitrogen and oxygen atoms in total. The number of rotatable bonds is 6. The van der Waals surface area contributed by atoms with Crippen LogP contribution >= 0.6 is 0 Å². The highest BCUT2D eigenvalue weighted by molar-refractivity contribution is 5.78. The summed E-state index contributed by atoms with van der Waals surface area (Å²) < 4.78 is 7.31. The van der Waals surface area contributed by atoms with E-state index in [2.05, 4.69) is 15.3 Å². The van der Waals surface area contributed by atoms with Crippen LogP contribution in [0.3, 0.4) is 0 Å². The number of carbonyl (C=O) groups excluding carboxylic acids is 1. The highest BCUT2D eigenvalue weighted by atomic mass is 16.5. The van der Waals surface area contributed by atoms with Crippen LogP contribution in [0.5, 0.6) is 0 Å². The third-order valence-electron chi connectivity index (χ3n) is 4.44. The number of aromatic nitrogens is 4. The molecule has 0 spiro atoms. The molecule has 0 radical (unpaired) electrons. The van der Waals surface area contributed by atoms with Crippen LogP contribution in [0.1, 0.15) is 30.3 Å². The van der Waals surface area contributed by atoms with Gasteiger partial charge in [0.1, 0.15) is 6.61 Å². The van der Waals surface area contributed by atoms with Gasteiger partial charge in [-0.25, -0.2) is 0 Å². The van der Waals surface area contributed by atoms with Crippen molar-refractivity contribution in [3.8, 4) is 0 Å². The van der Waals surface area contributed by atoms with Crippen LogP contribution in [0, 0.1) is 0 Å². The van der Waals surface area contributed by atoms with E-state index in [9.17, 15) is 4.79 Å². The van der Waals surface area contributed by atoms with Crippen LogP contribution in [0.15, 0.2) is 24.4 Å². The molecule has 1 fully saturated rings. The molecule has 2 aromatic rings. The fourth-order valence-corrected chi connectivity index (χ4v) is 2.99. The van der Waals surface area contributed by atoms with Crippen molar-refractivity contribution >= 4 is 11.7 Å². The van der Waals surface area contributed by atoms with E-state index in [-0.39, 0.29) is 18.6 Å². The Morgan fingerprint density at radius 1 is 1.32 bits per heavy atom. The van der Waals surface area contributed by atoms with Gasteiger partial charge in [0.05, 0.1) is 24.0 Å². The number of nitrogens with zero attached hydrogens (tertiary/aromatic N) is 6. The molecule has 134 valence electrons. The summed E-state index contributed by atoms with van der Waals surface area (Å²) in [6.07, 6.45) is 3.59. The summed E-state index contributed by atoms with van der Waals surface area (Å²) in [5.74, 6) is 0.794. The molecule has 25 heavy (non-hydrogen) atoms. The molecule has 1 saturated heterocycles. The lowest BCUT2D eigenvalue weighted by Crippen LogP contribution is -2.34. The standard InChI is InChI=1S/C17H24N6O2/c1-21(2)16-7-6-14(19-20-16)15-5-4-10-23(15)17(24)12-25-11-13-8-9-18-22(13)3/h6-9,15H,4-5,10-12H2,1-3H3. The first kappa shape index (κ1) is 17.3. The highest BCUT2D eigenvalue weighted by Crippen LogP contribution is 2.30. The highest BCUT2D eigenvalue weighted by Gasteiger charge is 2.31. The zero-order valence-electron chi connectivity index (χ0n) is 14.9. The summed E-state index contributed by atoms with van der Waals surface area (Å²) >= 11 is 0. The molecule has 0 saturated carbocycles. The Balaban J connectivity index is 1.58. The lowest BCUT2D eigenvalue weighted by atomic mass is 10.1. The van der Waals surface area contributed by atoms with Crippen LogP contribution < -0.4 is 4.90 Å². The topological polar surface area (TPSA) is 76.4 Å². The number of ether oxygens (including phenoxy) is 1. The molecule has 1 aliphatic heterocycles. The molecular formula is C17H24N6O2. The van der Waals surface area contributed by atoms with Crippen molar-refractivity contribution in [2.75, 3.05) is 32.1 Å². The minimum absolute atomic E-state index is 0.0110. The first-order chi connectivity index (χ1) is 12.1. The number of hydrogen-bond acceptors (Lipinski definition) is 6. The SMILES string of the molecule is CN(C)c1ccc(C2CCCN2C(=O)COCc2ccnn2C)nn1. The number of hydrogen-bond donors (Lipinski definition) is 0. The van der Waals surface area contributed by atoms with Gasteiger partial charge in [-0.3, -0.25) is 9.48 Å². The van der Waals surface area contributed by atoms with Crippen molar-refractivity contribution in [1.82, 2.24) is 24.9 Å². The smallest absolute Gasteiger partial charge is 0.249 e. The summed E-state index contributed by atoms with van der Waals surface area (Å²) in [6.45, 7) is 1.17. The predicted octanol–water partition coefficient (Wildman–Crippen LogP) is 1.16. The molecule has 1 amide bonds. The van der Waals surface area contributed by atoms with Crippen molar-refractivity contribution in [3.05, 3.63) is 35.8 Å². The van der Waals surface area contributed by atoms with Crippen molar-refractivity contribution < 1.29 is 9.53 Å². The molecule has 0 aliphatic carbocycles. The van der Waals surface area contributed by atoms with E-state index in [0.29, 0.717) is 6.61 Å². The summed E-state index contributed by atoms with van der Waals surface area (Å²) in [6, 6.07) is 5.75. The summed E-state index contributed by atoms with van der Waals surface area (Å²) in [5, 5.41) is 12.6. The monoisotopic (exact) mass is 344 g/mol. The van der Waals surface area contributed by atoms with E-state index in [1.54, 1.807) is 10.9 Å². The zero-order valence-corrected chi connectivity index (χ0v) is 14.9. The summed E-state index contributed by atoms with van der Waals surface area (Å²) in [5.41, 5.74) is 1.78. The van der Waals surface area contributed by atoms with Gasteiger partial charge >= 0.3 is 0 Å². The van der Waals surface area contributed by atoms with Gasteiger partial charge < -0.3 is 14.5 Å². The molecular weight excluding hydrogens is 320 g/mol. The third kappa shape index (κ3) is 3.96. The Labute approximate surface area is 147 Å². The molecule has 1 atom stereocenters. The Morgan fingerprint density at radius 3 is 2.80 bits per heavy atom.